The van der Waals surface area contributed by atoms with Crippen molar-refractivity contribution in [3.05, 3.63) is 30.1 Å². The first-order valence-electron chi connectivity index (χ1n) is 5.61. The van der Waals surface area contributed by atoms with E-state index in [2.05, 4.69) is 10.9 Å². The van der Waals surface area contributed by atoms with Crippen LogP contribution in [0.1, 0.15) is 20.3 Å². The summed E-state index contributed by atoms with van der Waals surface area (Å²) in [6.07, 6.45) is 0.838. The molecule has 0 spiro atoms. The SMILES string of the molecule is CCC(C)C(N)C(=O)NNc1ccc(F)cc1. The maximum atomic E-state index is 12.6. The summed E-state index contributed by atoms with van der Waals surface area (Å²) in [4.78, 5) is 11.6. The van der Waals surface area contributed by atoms with Gasteiger partial charge in [0, 0.05) is 0 Å². The number of nitrogens with one attached hydrogen (secondary N) is 2. The predicted octanol–water partition coefficient (Wildman–Crippen LogP) is 1.64. The minimum absolute atomic E-state index is 0.116. The highest BCUT2D eigenvalue weighted by Gasteiger charge is 2.18. The second-order valence-corrected chi connectivity index (χ2v) is 4.03. The average Bonchev–Trinajstić information content (AvgIpc) is 2.35. The third-order valence-corrected chi connectivity index (χ3v) is 2.73. The number of amides is 1. The van der Waals surface area contributed by atoms with Gasteiger partial charge in [-0.1, -0.05) is 20.3 Å². The molecule has 0 aliphatic heterocycles. The van der Waals surface area contributed by atoms with Crippen molar-refractivity contribution in [2.75, 3.05) is 5.43 Å². The van der Waals surface area contributed by atoms with Crippen molar-refractivity contribution in [2.45, 2.75) is 26.3 Å². The number of carbonyl (C=O) groups is 1. The van der Waals surface area contributed by atoms with Crippen molar-refractivity contribution >= 4 is 11.6 Å². The number of nitrogens with two attached hydrogens (primary N) is 1. The van der Waals surface area contributed by atoms with Crippen LogP contribution in [0.4, 0.5) is 10.1 Å². The number of halogens is 1. The summed E-state index contributed by atoms with van der Waals surface area (Å²) in [6, 6.07) is 5.13. The van der Waals surface area contributed by atoms with Crippen LogP contribution in [0.5, 0.6) is 0 Å². The Balaban J connectivity index is 2.45. The van der Waals surface area contributed by atoms with Crippen LogP contribution in [0.3, 0.4) is 0 Å². The smallest absolute Gasteiger partial charge is 0.255 e. The Bertz CT molecular complexity index is 367. The molecule has 1 aromatic rings. The van der Waals surface area contributed by atoms with Gasteiger partial charge >= 0.3 is 0 Å². The fourth-order valence-corrected chi connectivity index (χ4v) is 1.26. The van der Waals surface area contributed by atoms with Crippen LogP contribution in [0.15, 0.2) is 24.3 Å². The van der Waals surface area contributed by atoms with Crippen LogP contribution in [0, 0.1) is 11.7 Å². The fourth-order valence-electron chi connectivity index (χ4n) is 1.26. The highest BCUT2D eigenvalue weighted by molar-refractivity contribution is 5.82. The Morgan fingerprint density at radius 3 is 2.53 bits per heavy atom. The first-order valence-corrected chi connectivity index (χ1v) is 5.61. The molecule has 0 heterocycles. The third-order valence-electron chi connectivity index (χ3n) is 2.73. The van der Waals surface area contributed by atoms with E-state index in [-0.39, 0.29) is 17.6 Å². The molecular weight excluding hydrogens is 221 g/mol. The van der Waals surface area contributed by atoms with Gasteiger partial charge in [0.25, 0.3) is 5.91 Å². The van der Waals surface area contributed by atoms with E-state index < -0.39 is 6.04 Å². The summed E-state index contributed by atoms with van der Waals surface area (Å²) in [5, 5.41) is 0. The van der Waals surface area contributed by atoms with Crippen molar-refractivity contribution in [1.29, 1.82) is 0 Å². The van der Waals surface area contributed by atoms with Crippen molar-refractivity contribution in [2.24, 2.45) is 11.7 Å². The van der Waals surface area contributed by atoms with Crippen LogP contribution in [-0.2, 0) is 4.79 Å². The van der Waals surface area contributed by atoms with Crippen molar-refractivity contribution in [1.82, 2.24) is 5.43 Å². The molecule has 2 atom stereocenters. The number of anilines is 1. The maximum absolute atomic E-state index is 12.6. The van der Waals surface area contributed by atoms with E-state index in [4.69, 9.17) is 5.73 Å². The Morgan fingerprint density at radius 2 is 2.00 bits per heavy atom. The molecule has 5 heteroatoms. The number of rotatable bonds is 5. The van der Waals surface area contributed by atoms with Gasteiger partial charge in [0.15, 0.2) is 0 Å². The summed E-state index contributed by atoms with van der Waals surface area (Å²) in [5.74, 6) is -0.480. The zero-order valence-corrected chi connectivity index (χ0v) is 10.0. The van der Waals surface area contributed by atoms with E-state index in [0.29, 0.717) is 5.69 Å². The van der Waals surface area contributed by atoms with E-state index >= 15 is 0 Å². The largest absolute Gasteiger partial charge is 0.320 e. The molecular formula is C12H18FN3O. The molecule has 2 unspecified atom stereocenters. The van der Waals surface area contributed by atoms with Crippen LogP contribution in [0.25, 0.3) is 0 Å². The summed E-state index contributed by atoms with van der Waals surface area (Å²) >= 11 is 0. The zero-order valence-electron chi connectivity index (χ0n) is 10.0. The normalized spacial score (nSPS) is 13.9. The first kappa shape index (κ1) is 13.4. The molecule has 0 bridgehead atoms. The topological polar surface area (TPSA) is 67.2 Å². The van der Waals surface area contributed by atoms with Gasteiger partial charge in [-0.15, -0.1) is 0 Å². The van der Waals surface area contributed by atoms with Gasteiger partial charge in [0.1, 0.15) is 5.82 Å². The molecule has 0 aliphatic carbocycles. The standard InChI is InChI=1S/C12H18FN3O/c1-3-8(2)11(14)12(17)16-15-10-6-4-9(13)5-7-10/h4-8,11,15H,3,14H2,1-2H3,(H,16,17). The number of hydrogen-bond donors (Lipinski definition) is 3. The quantitative estimate of drug-likeness (QED) is 0.684. The summed E-state index contributed by atoms with van der Waals surface area (Å²) in [7, 11) is 0. The summed E-state index contributed by atoms with van der Waals surface area (Å²) in [5.41, 5.74) is 11.5. The van der Waals surface area contributed by atoms with Gasteiger partial charge in [0.05, 0.1) is 11.7 Å². The second-order valence-electron chi connectivity index (χ2n) is 4.03. The van der Waals surface area contributed by atoms with Crippen molar-refractivity contribution in [3.8, 4) is 0 Å². The molecule has 0 saturated heterocycles. The molecule has 4 nitrogen and oxygen atoms in total. The number of benzene rings is 1. The zero-order chi connectivity index (χ0) is 12.8. The molecule has 0 aromatic heterocycles. The van der Waals surface area contributed by atoms with E-state index in [1.54, 1.807) is 0 Å². The molecule has 0 fully saturated rings. The first-order chi connectivity index (χ1) is 8.04. The Labute approximate surface area is 100 Å². The summed E-state index contributed by atoms with van der Waals surface area (Å²) < 4.78 is 12.6. The lowest BCUT2D eigenvalue weighted by Gasteiger charge is -2.18. The molecule has 1 aromatic carbocycles. The lowest BCUT2D eigenvalue weighted by atomic mass is 10.00. The van der Waals surface area contributed by atoms with E-state index in [1.165, 1.54) is 24.3 Å². The average molecular weight is 239 g/mol. The Morgan fingerprint density at radius 1 is 1.41 bits per heavy atom. The van der Waals surface area contributed by atoms with Crippen LogP contribution in [-0.4, -0.2) is 11.9 Å². The monoisotopic (exact) mass is 239 g/mol. The van der Waals surface area contributed by atoms with Gasteiger partial charge in [-0.05, 0) is 30.2 Å². The maximum Gasteiger partial charge on any atom is 0.255 e. The molecule has 0 saturated carbocycles. The predicted molar refractivity (Wildman–Crippen MR) is 65.6 cm³/mol. The Hall–Kier alpha value is -1.62. The summed E-state index contributed by atoms with van der Waals surface area (Å²) in [6.45, 7) is 3.90. The molecule has 17 heavy (non-hydrogen) atoms. The molecule has 0 radical (unpaired) electrons. The lowest BCUT2D eigenvalue weighted by molar-refractivity contribution is -0.122. The van der Waals surface area contributed by atoms with Crippen molar-refractivity contribution < 1.29 is 9.18 Å². The molecule has 1 rings (SSSR count). The Kier molecular flexibility index (Phi) is 4.90. The van der Waals surface area contributed by atoms with Crippen LogP contribution < -0.4 is 16.6 Å². The highest BCUT2D eigenvalue weighted by Crippen LogP contribution is 2.08. The highest BCUT2D eigenvalue weighted by atomic mass is 19.1. The number of carbonyl (C=O) groups excluding carboxylic acids is 1. The van der Waals surface area contributed by atoms with E-state index in [9.17, 15) is 9.18 Å². The van der Waals surface area contributed by atoms with E-state index in [1.807, 2.05) is 13.8 Å². The number of hydrogen-bond acceptors (Lipinski definition) is 3. The van der Waals surface area contributed by atoms with Gasteiger partial charge in [-0.2, -0.15) is 0 Å². The van der Waals surface area contributed by atoms with Gasteiger partial charge in [-0.3, -0.25) is 15.6 Å². The van der Waals surface area contributed by atoms with Crippen molar-refractivity contribution in [3.63, 3.8) is 0 Å². The van der Waals surface area contributed by atoms with E-state index in [0.717, 1.165) is 6.42 Å². The number of hydrazine groups is 1. The minimum Gasteiger partial charge on any atom is -0.320 e. The van der Waals surface area contributed by atoms with Crippen LogP contribution in [0.2, 0.25) is 0 Å². The fraction of sp³-hybridized carbons (Fsp3) is 0.417. The van der Waals surface area contributed by atoms with Gasteiger partial charge in [0.2, 0.25) is 0 Å². The molecule has 1 amide bonds. The minimum atomic E-state index is -0.548. The van der Waals surface area contributed by atoms with Crippen LogP contribution >= 0.6 is 0 Å². The second kappa shape index (κ2) is 6.20. The molecule has 0 aliphatic rings. The third kappa shape index (κ3) is 4.03. The van der Waals surface area contributed by atoms with Gasteiger partial charge in [-0.25, -0.2) is 4.39 Å². The molecule has 94 valence electrons. The lowest BCUT2D eigenvalue weighted by Crippen LogP contribution is -2.46. The molecule has 4 N–H and O–H groups in total. The van der Waals surface area contributed by atoms with Gasteiger partial charge < -0.3 is 5.73 Å².